The van der Waals surface area contributed by atoms with Crippen LogP contribution in [0.4, 0.5) is 17.6 Å². The van der Waals surface area contributed by atoms with Gasteiger partial charge >= 0.3 is 6.18 Å². The topological polar surface area (TPSA) is 34.5 Å². The first-order chi connectivity index (χ1) is 14.2. The fraction of sp³-hybridized carbons (Fsp3) is 0.143. The maximum absolute atomic E-state index is 14.1. The van der Waals surface area contributed by atoms with E-state index in [2.05, 4.69) is 9.98 Å². The largest absolute Gasteiger partial charge is 0.475 e. The summed E-state index contributed by atoms with van der Waals surface area (Å²) < 4.78 is 58.6. The second-order valence-electron chi connectivity index (χ2n) is 6.55. The van der Waals surface area contributed by atoms with Gasteiger partial charge in [0.05, 0.1) is 21.2 Å². The number of hydrogen-bond donors (Lipinski definition) is 0. The van der Waals surface area contributed by atoms with Crippen LogP contribution in [-0.4, -0.2) is 17.5 Å². The molecule has 0 fully saturated rings. The molecule has 0 saturated carbocycles. The van der Waals surface area contributed by atoms with Crippen LogP contribution >= 0.6 is 23.2 Å². The Kier molecular flexibility index (Phi) is 5.42. The zero-order chi connectivity index (χ0) is 21.5. The van der Waals surface area contributed by atoms with Crippen molar-refractivity contribution < 1.29 is 22.3 Å². The summed E-state index contributed by atoms with van der Waals surface area (Å²) in [4.78, 5) is 8.38. The van der Waals surface area contributed by atoms with E-state index in [1.807, 2.05) is 0 Å². The molecule has 1 aliphatic rings. The molecular weight excluding hydrogens is 443 g/mol. The van der Waals surface area contributed by atoms with Gasteiger partial charge in [0, 0.05) is 18.0 Å². The molecule has 0 N–H and O–H groups in total. The van der Waals surface area contributed by atoms with Gasteiger partial charge in [-0.05, 0) is 29.3 Å². The molecule has 3 aromatic rings. The molecule has 1 atom stereocenters. The Morgan fingerprint density at radius 3 is 2.27 bits per heavy atom. The monoisotopic (exact) mass is 454 g/mol. The molecule has 30 heavy (non-hydrogen) atoms. The van der Waals surface area contributed by atoms with Crippen LogP contribution in [0.2, 0.25) is 10.0 Å². The summed E-state index contributed by atoms with van der Waals surface area (Å²) in [6, 6.07) is 8.41. The average molecular weight is 455 g/mol. The second-order valence-corrected chi connectivity index (χ2v) is 7.37. The number of benzene rings is 2. The van der Waals surface area contributed by atoms with Crippen LogP contribution in [-0.2, 0) is 10.9 Å². The lowest BCUT2D eigenvalue weighted by atomic mass is 9.99. The van der Waals surface area contributed by atoms with Gasteiger partial charge in [-0.2, -0.15) is 13.2 Å². The third-order valence-electron chi connectivity index (χ3n) is 4.62. The average Bonchev–Trinajstić information content (AvgIpc) is 3.17. The maximum Gasteiger partial charge on any atom is 0.416 e. The Labute approximate surface area is 178 Å². The lowest BCUT2D eigenvalue weighted by Gasteiger charge is -2.11. The first-order valence-electron chi connectivity index (χ1n) is 8.71. The highest BCUT2D eigenvalue weighted by molar-refractivity contribution is 6.39. The third-order valence-corrected chi connectivity index (χ3v) is 5.19. The summed E-state index contributed by atoms with van der Waals surface area (Å²) in [5, 5.41) is 0.606. The number of alkyl halides is 3. The summed E-state index contributed by atoms with van der Waals surface area (Å²) in [6.07, 6.45) is -1.69. The van der Waals surface area contributed by atoms with E-state index in [0.29, 0.717) is 27.2 Å². The van der Waals surface area contributed by atoms with Gasteiger partial charge in [-0.1, -0.05) is 47.5 Å². The zero-order valence-corrected chi connectivity index (χ0v) is 16.6. The van der Waals surface area contributed by atoms with Crippen LogP contribution in [0.3, 0.4) is 0 Å². The number of halogens is 6. The van der Waals surface area contributed by atoms with Gasteiger partial charge in [-0.3, -0.25) is 4.98 Å². The Morgan fingerprint density at radius 2 is 1.63 bits per heavy atom. The second kappa shape index (κ2) is 7.89. The van der Waals surface area contributed by atoms with Crippen molar-refractivity contribution in [2.75, 3.05) is 6.61 Å². The number of aromatic nitrogens is 1. The predicted molar refractivity (Wildman–Crippen MR) is 106 cm³/mol. The van der Waals surface area contributed by atoms with Crippen molar-refractivity contribution in [3.63, 3.8) is 0 Å². The number of aliphatic imine (C=N–C) groups is 1. The molecule has 154 valence electrons. The van der Waals surface area contributed by atoms with Gasteiger partial charge in [0.2, 0.25) is 5.90 Å². The SMILES string of the molecule is Fc1ccc(C(F)(F)F)cc1-c1ccc(C2COC(c3c(Cl)cncc3Cl)=N2)cc1. The van der Waals surface area contributed by atoms with E-state index in [9.17, 15) is 17.6 Å². The summed E-state index contributed by atoms with van der Waals surface area (Å²) in [5.74, 6) is -0.451. The fourth-order valence-electron chi connectivity index (χ4n) is 3.10. The molecule has 9 heteroatoms. The summed E-state index contributed by atoms with van der Waals surface area (Å²) in [5.41, 5.74) is 0.484. The molecule has 2 aromatic carbocycles. The van der Waals surface area contributed by atoms with E-state index in [0.717, 1.165) is 17.7 Å². The van der Waals surface area contributed by atoms with Crippen molar-refractivity contribution in [1.82, 2.24) is 4.98 Å². The van der Waals surface area contributed by atoms with Crippen molar-refractivity contribution >= 4 is 29.1 Å². The molecule has 3 nitrogen and oxygen atoms in total. The van der Waals surface area contributed by atoms with Gasteiger partial charge in [0.25, 0.3) is 0 Å². The normalized spacial score (nSPS) is 16.3. The molecule has 0 bridgehead atoms. The van der Waals surface area contributed by atoms with Crippen molar-refractivity contribution in [2.45, 2.75) is 12.2 Å². The highest BCUT2D eigenvalue weighted by Crippen LogP contribution is 2.35. The molecule has 0 amide bonds. The molecule has 0 aliphatic carbocycles. The van der Waals surface area contributed by atoms with Crippen LogP contribution in [0.25, 0.3) is 11.1 Å². The maximum atomic E-state index is 14.1. The van der Waals surface area contributed by atoms with Crippen molar-refractivity contribution in [3.8, 4) is 11.1 Å². The molecule has 0 saturated heterocycles. The molecule has 2 heterocycles. The van der Waals surface area contributed by atoms with E-state index >= 15 is 0 Å². The van der Waals surface area contributed by atoms with Crippen LogP contribution in [0.15, 0.2) is 59.9 Å². The first kappa shape index (κ1) is 20.6. The Hall–Kier alpha value is -2.64. The van der Waals surface area contributed by atoms with E-state index in [1.54, 1.807) is 24.3 Å². The van der Waals surface area contributed by atoms with Gasteiger partial charge in [-0.25, -0.2) is 9.38 Å². The van der Waals surface area contributed by atoms with E-state index in [1.165, 1.54) is 12.4 Å². The molecule has 1 aliphatic heterocycles. The predicted octanol–water partition coefficient (Wildman–Crippen LogP) is 6.73. The minimum atomic E-state index is -4.55. The minimum absolute atomic E-state index is 0.126. The van der Waals surface area contributed by atoms with E-state index < -0.39 is 17.6 Å². The quantitative estimate of drug-likeness (QED) is 0.411. The van der Waals surface area contributed by atoms with Crippen LogP contribution in [0, 0.1) is 5.82 Å². The van der Waals surface area contributed by atoms with Crippen molar-refractivity contribution in [3.05, 3.63) is 87.4 Å². The Bertz CT molecular complexity index is 1110. The number of hydrogen-bond acceptors (Lipinski definition) is 3. The smallest absolute Gasteiger partial charge is 0.416 e. The number of pyridine rings is 1. The third kappa shape index (κ3) is 4.00. The lowest BCUT2D eigenvalue weighted by molar-refractivity contribution is -0.137. The molecule has 1 aromatic heterocycles. The highest BCUT2D eigenvalue weighted by Gasteiger charge is 2.31. The molecule has 1 unspecified atom stereocenters. The molecular formula is C21H12Cl2F4N2O. The zero-order valence-electron chi connectivity index (χ0n) is 15.1. The molecule has 4 rings (SSSR count). The summed E-state index contributed by atoms with van der Waals surface area (Å²) in [7, 11) is 0. The summed E-state index contributed by atoms with van der Waals surface area (Å²) in [6.45, 7) is 0.238. The van der Waals surface area contributed by atoms with Crippen LogP contribution in [0.1, 0.15) is 22.7 Å². The standard InChI is InChI=1S/C21H12Cl2F4N2O/c22-15-8-28-9-16(23)19(15)20-29-18(10-30-20)12-3-1-11(2-4-12)14-7-13(21(25,26)27)5-6-17(14)24/h1-9,18H,10H2. The van der Waals surface area contributed by atoms with Crippen LogP contribution in [0.5, 0.6) is 0 Å². The molecule has 0 spiro atoms. The van der Waals surface area contributed by atoms with Gasteiger partial charge in [0.15, 0.2) is 0 Å². The highest BCUT2D eigenvalue weighted by atomic mass is 35.5. The first-order valence-corrected chi connectivity index (χ1v) is 9.46. The Morgan fingerprint density at radius 1 is 0.967 bits per heavy atom. The fourth-order valence-corrected chi connectivity index (χ4v) is 3.63. The Balaban J connectivity index is 1.62. The summed E-state index contributed by atoms with van der Waals surface area (Å²) >= 11 is 12.3. The number of rotatable bonds is 3. The van der Waals surface area contributed by atoms with Crippen LogP contribution < -0.4 is 0 Å². The van der Waals surface area contributed by atoms with Crippen molar-refractivity contribution in [1.29, 1.82) is 0 Å². The van der Waals surface area contributed by atoms with Gasteiger partial charge < -0.3 is 4.74 Å². The number of nitrogens with zero attached hydrogens (tertiary/aromatic N) is 2. The van der Waals surface area contributed by atoms with E-state index in [4.69, 9.17) is 27.9 Å². The van der Waals surface area contributed by atoms with Gasteiger partial charge in [-0.15, -0.1) is 0 Å². The van der Waals surface area contributed by atoms with Gasteiger partial charge in [0.1, 0.15) is 18.5 Å². The molecule has 0 radical (unpaired) electrons. The lowest BCUT2D eigenvalue weighted by Crippen LogP contribution is -2.05. The minimum Gasteiger partial charge on any atom is -0.475 e. The van der Waals surface area contributed by atoms with Crippen molar-refractivity contribution in [2.24, 2.45) is 4.99 Å². The van der Waals surface area contributed by atoms with E-state index in [-0.39, 0.29) is 24.1 Å². The number of ether oxygens (including phenoxy) is 1.